The third-order valence-corrected chi connectivity index (χ3v) is 4.32. The molecule has 1 atom stereocenters. The summed E-state index contributed by atoms with van der Waals surface area (Å²) in [5, 5.41) is 0.262. The summed E-state index contributed by atoms with van der Waals surface area (Å²) in [4.78, 5) is 21.1. The van der Waals surface area contributed by atoms with Gasteiger partial charge in [0, 0.05) is 25.8 Å². The minimum Gasteiger partial charge on any atom is -0.329 e. The maximum Gasteiger partial charge on any atom is 0.257 e. The fourth-order valence-corrected chi connectivity index (χ4v) is 3.02. The van der Waals surface area contributed by atoms with Crippen LogP contribution in [0.5, 0.6) is 0 Å². The fourth-order valence-electron chi connectivity index (χ4n) is 2.82. The number of nitrogens with zero attached hydrogens (tertiary/aromatic N) is 3. The molecule has 114 valence electrons. The summed E-state index contributed by atoms with van der Waals surface area (Å²) in [6.45, 7) is 2.35. The van der Waals surface area contributed by atoms with Gasteiger partial charge in [0.25, 0.3) is 5.91 Å². The van der Waals surface area contributed by atoms with E-state index < -0.39 is 0 Å². The quantitative estimate of drug-likeness (QED) is 0.800. The molecule has 2 aromatic rings. The van der Waals surface area contributed by atoms with Crippen LogP contribution in [0.25, 0.3) is 0 Å². The van der Waals surface area contributed by atoms with E-state index in [1.807, 2.05) is 23.1 Å². The lowest BCUT2D eigenvalue weighted by Gasteiger charge is -2.40. The minimum absolute atomic E-state index is 0.0312. The summed E-state index contributed by atoms with van der Waals surface area (Å²) in [5.74, 6) is -0.0555. The Morgan fingerprint density at radius 3 is 2.68 bits per heavy atom. The fraction of sp³-hybridized carbons (Fsp3) is 0.294. The average Bonchev–Trinajstić information content (AvgIpc) is 2.55. The van der Waals surface area contributed by atoms with Crippen molar-refractivity contribution in [1.29, 1.82) is 0 Å². The number of benzene rings is 1. The zero-order valence-corrected chi connectivity index (χ0v) is 13.2. The first-order valence-electron chi connectivity index (χ1n) is 7.32. The van der Waals surface area contributed by atoms with E-state index in [-0.39, 0.29) is 17.1 Å². The van der Waals surface area contributed by atoms with Crippen molar-refractivity contribution in [3.05, 3.63) is 64.9 Å². The highest BCUT2D eigenvalue weighted by Crippen LogP contribution is 2.27. The van der Waals surface area contributed by atoms with E-state index in [2.05, 4.69) is 29.1 Å². The summed E-state index contributed by atoms with van der Waals surface area (Å²) in [7, 11) is 2.08. The first-order chi connectivity index (χ1) is 10.7. The number of amides is 1. The van der Waals surface area contributed by atoms with Gasteiger partial charge in [-0.2, -0.15) is 0 Å². The first kappa shape index (κ1) is 15.0. The van der Waals surface area contributed by atoms with Crippen molar-refractivity contribution in [3.63, 3.8) is 0 Å². The van der Waals surface area contributed by atoms with E-state index >= 15 is 0 Å². The Morgan fingerprint density at radius 2 is 1.95 bits per heavy atom. The van der Waals surface area contributed by atoms with Crippen molar-refractivity contribution in [3.8, 4) is 0 Å². The molecule has 1 aliphatic rings. The van der Waals surface area contributed by atoms with Gasteiger partial charge in [-0.05, 0) is 24.7 Å². The number of carbonyl (C=O) groups is 1. The number of piperazine rings is 1. The van der Waals surface area contributed by atoms with Crippen LogP contribution in [0.3, 0.4) is 0 Å². The Kier molecular flexibility index (Phi) is 4.41. The van der Waals surface area contributed by atoms with Crippen molar-refractivity contribution < 1.29 is 4.79 Å². The van der Waals surface area contributed by atoms with Gasteiger partial charge in [0.05, 0.1) is 11.6 Å². The van der Waals surface area contributed by atoms with Crippen LogP contribution in [0.2, 0.25) is 5.15 Å². The van der Waals surface area contributed by atoms with Gasteiger partial charge in [-0.3, -0.25) is 4.79 Å². The molecule has 1 aromatic carbocycles. The van der Waals surface area contributed by atoms with Crippen LogP contribution in [0.15, 0.2) is 48.7 Å². The molecular weight excluding hydrogens is 298 g/mol. The summed E-state index contributed by atoms with van der Waals surface area (Å²) < 4.78 is 0. The van der Waals surface area contributed by atoms with Gasteiger partial charge in [0.1, 0.15) is 5.15 Å². The van der Waals surface area contributed by atoms with E-state index in [1.54, 1.807) is 18.3 Å². The predicted octanol–water partition coefficient (Wildman–Crippen LogP) is 2.86. The normalized spacial score (nSPS) is 19.2. The molecule has 1 unspecified atom stereocenters. The number of carbonyl (C=O) groups excluding carboxylic acids is 1. The topological polar surface area (TPSA) is 36.4 Å². The second-order valence-corrected chi connectivity index (χ2v) is 5.89. The van der Waals surface area contributed by atoms with Gasteiger partial charge in [-0.15, -0.1) is 0 Å². The van der Waals surface area contributed by atoms with Crippen LogP contribution < -0.4 is 0 Å². The Bertz CT molecular complexity index is 662. The van der Waals surface area contributed by atoms with Crippen molar-refractivity contribution in [2.45, 2.75) is 6.04 Å². The lowest BCUT2D eigenvalue weighted by atomic mass is 10.0. The second-order valence-electron chi connectivity index (χ2n) is 5.53. The van der Waals surface area contributed by atoms with Crippen LogP contribution in [0.4, 0.5) is 0 Å². The van der Waals surface area contributed by atoms with Gasteiger partial charge in [0.2, 0.25) is 0 Å². The first-order valence-corrected chi connectivity index (χ1v) is 7.69. The molecule has 1 saturated heterocycles. The molecule has 0 radical (unpaired) electrons. The molecule has 1 aromatic heterocycles. The van der Waals surface area contributed by atoms with E-state index in [9.17, 15) is 4.79 Å². The number of pyridine rings is 1. The molecule has 0 bridgehead atoms. The van der Waals surface area contributed by atoms with Crippen molar-refractivity contribution in [2.75, 3.05) is 26.7 Å². The van der Waals surface area contributed by atoms with Crippen LogP contribution in [-0.2, 0) is 0 Å². The van der Waals surface area contributed by atoms with Crippen molar-refractivity contribution in [2.24, 2.45) is 0 Å². The summed E-state index contributed by atoms with van der Waals surface area (Å²) >= 11 is 6.09. The Morgan fingerprint density at radius 1 is 1.18 bits per heavy atom. The molecule has 3 rings (SSSR count). The highest BCUT2D eigenvalue weighted by molar-refractivity contribution is 6.32. The molecule has 1 aliphatic heterocycles. The smallest absolute Gasteiger partial charge is 0.257 e. The summed E-state index contributed by atoms with van der Waals surface area (Å²) in [5.41, 5.74) is 1.61. The minimum atomic E-state index is -0.0555. The monoisotopic (exact) mass is 315 g/mol. The molecule has 5 heteroatoms. The number of rotatable bonds is 2. The number of aromatic nitrogens is 1. The number of hydrogen-bond donors (Lipinski definition) is 0. The second kappa shape index (κ2) is 6.46. The third-order valence-electron chi connectivity index (χ3n) is 4.02. The van der Waals surface area contributed by atoms with Crippen LogP contribution in [-0.4, -0.2) is 47.4 Å². The standard InChI is InChI=1S/C17H18ClN3O/c1-20-10-11-21(15(12-20)13-6-3-2-4-7-13)17(22)14-8-5-9-19-16(14)18/h2-9,15H,10-12H2,1H3. The zero-order chi connectivity index (χ0) is 15.5. The lowest BCUT2D eigenvalue weighted by Crippen LogP contribution is -2.49. The Balaban J connectivity index is 1.93. The van der Waals surface area contributed by atoms with E-state index in [4.69, 9.17) is 11.6 Å². The molecule has 4 nitrogen and oxygen atoms in total. The van der Waals surface area contributed by atoms with Gasteiger partial charge < -0.3 is 9.80 Å². The van der Waals surface area contributed by atoms with E-state index in [0.717, 1.165) is 18.7 Å². The van der Waals surface area contributed by atoms with Crippen molar-refractivity contribution >= 4 is 17.5 Å². The van der Waals surface area contributed by atoms with Gasteiger partial charge >= 0.3 is 0 Å². The van der Waals surface area contributed by atoms with Gasteiger partial charge in [-0.1, -0.05) is 41.9 Å². The molecular formula is C17H18ClN3O. The SMILES string of the molecule is CN1CCN(C(=O)c2cccnc2Cl)C(c2ccccc2)C1. The van der Waals surface area contributed by atoms with Gasteiger partial charge in [0.15, 0.2) is 0 Å². The molecule has 0 N–H and O–H groups in total. The summed E-state index contributed by atoms with van der Waals surface area (Å²) in [6.07, 6.45) is 1.60. The lowest BCUT2D eigenvalue weighted by molar-refractivity contribution is 0.0498. The maximum absolute atomic E-state index is 12.9. The molecule has 22 heavy (non-hydrogen) atoms. The van der Waals surface area contributed by atoms with Gasteiger partial charge in [-0.25, -0.2) is 4.98 Å². The molecule has 0 aliphatic carbocycles. The molecule has 2 heterocycles. The zero-order valence-electron chi connectivity index (χ0n) is 12.4. The molecule has 0 saturated carbocycles. The third kappa shape index (κ3) is 2.98. The van der Waals surface area contributed by atoms with Crippen LogP contribution in [0, 0.1) is 0 Å². The number of likely N-dealkylation sites (N-methyl/N-ethyl adjacent to an activating group) is 1. The van der Waals surface area contributed by atoms with E-state index in [0.29, 0.717) is 12.1 Å². The van der Waals surface area contributed by atoms with Crippen molar-refractivity contribution in [1.82, 2.24) is 14.8 Å². The Hall–Kier alpha value is -1.91. The maximum atomic E-state index is 12.9. The Labute approximate surface area is 135 Å². The molecule has 1 amide bonds. The molecule has 1 fully saturated rings. The van der Waals surface area contributed by atoms with Crippen LogP contribution in [0.1, 0.15) is 22.0 Å². The van der Waals surface area contributed by atoms with E-state index in [1.165, 1.54) is 0 Å². The molecule has 0 spiro atoms. The number of hydrogen-bond acceptors (Lipinski definition) is 3. The highest BCUT2D eigenvalue weighted by Gasteiger charge is 2.31. The van der Waals surface area contributed by atoms with Crippen LogP contribution >= 0.6 is 11.6 Å². The predicted molar refractivity (Wildman–Crippen MR) is 87.0 cm³/mol. The average molecular weight is 316 g/mol. The summed E-state index contributed by atoms with van der Waals surface area (Å²) in [6, 6.07) is 13.6. The number of halogens is 1. The largest absolute Gasteiger partial charge is 0.329 e. The highest BCUT2D eigenvalue weighted by atomic mass is 35.5.